The van der Waals surface area contributed by atoms with Gasteiger partial charge in [0.25, 0.3) is 5.56 Å². The lowest BCUT2D eigenvalue weighted by Gasteiger charge is -2.11. The number of ether oxygens (including phenoxy) is 1. The van der Waals surface area contributed by atoms with Gasteiger partial charge in [-0.15, -0.1) is 0 Å². The maximum absolute atomic E-state index is 12.0. The van der Waals surface area contributed by atoms with Gasteiger partial charge in [0.05, 0.1) is 11.8 Å². The lowest BCUT2D eigenvalue weighted by atomic mass is 10.1. The van der Waals surface area contributed by atoms with E-state index in [0.717, 1.165) is 29.7 Å². The van der Waals surface area contributed by atoms with Crippen LogP contribution in [0.15, 0.2) is 41.2 Å². The molecule has 2 aromatic rings. The minimum Gasteiger partial charge on any atom is -0.376 e. The Balaban J connectivity index is 1.69. The molecule has 1 amide bonds. The minimum atomic E-state index is -0.326. The monoisotopic (exact) mass is 347 g/mol. The van der Waals surface area contributed by atoms with Crippen LogP contribution in [0.25, 0.3) is 11.3 Å². The van der Waals surface area contributed by atoms with Crippen LogP contribution in [-0.4, -0.2) is 34.9 Å². The third kappa shape index (κ3) is 4.21. The third-order valence-corrected chi connectivity index (χ3v) is 4.07. The van der Waals surface area contributed by atoms with Gasteiger partial charge in [-0.2, -0.15) is 5.10 Å². The molecule has 1 N–H and O–H groups in total. The summed E-state index contributed by atoms with van der Waals surface area (Å²) in [5.74, 6) is -0.261. The second-order valence-corrected chi connectivity index (χ2v) is 6.10. The first-order valence-corrected chi connectivity index (χ1v) is 8.22. The standard InChI is InChI=1S/C17H18ClN3O3/c18-13-4-1-3-12(9-13)15-6-7-17(23)21(20-15)11-16(22)19-10-14-5-2-8-24-14/h1,3-4,6-7,9,14H,2,5,8,10-11H2,(H,19,22)/t14-/m0/s1. The van der Waals surface area contributed by atoms with Crippen LogP contribution in [0.4, 0.5) is 0 Å². The molecule has 1 aromatic heterocycles. The number of benzene rings is 1. The molecule has 1 saturated heterocycles. The Morgan fingerprint density at radius 3 is 3.00 bits per heavy atom. The first kappa shape index (κ1) is 16.7. The molecule has 0 unspecified atom stereocenters. The summed E-state index contributed by atoms with van der Waals surface area (Å²) < 4.78 is 6.61. The van der Waals surface area contributed by atoms with E-state index < -0.39 is 0 Å². The Hall–Kier alpha value is -2.18. The lowest BCUT2D eigenvalue weighted by molar-refractivity contribution is -0.122. The molecule has 1 aliphatic heterocycles. The van der Waals surface area contributed by atoms with Crippen molar-refractivity contribution in [3.05, 3.63) is 51.8 Å². The van der Waals surface area contributed by atoms with Crippen LogP contribution in [0.2, 0.25) is 5.02 Å². The molecular weight excluding hydrogens is 330 g/mol. The topological polar surface area (TPSA) is 73.2 Å². The van der Waals surface area contributed by atoms with E-state index in [-0.39, 0.29) is 24.1 Å². The number of nitrogens with zero attached hydrogens (tertiary/aromatic N) is 2. The van der Waals surface area contributed by atoms with Gasteiger partial charge in [0.2, 0.25) is 5.91 Å². The molecule has 3 rings (SSSR count). The molecular formula is C17H18ClN3O3. The summed E-state index contributed by atoms with van der Waals surface area (Å²) in [6.07, 6.45) is 2.03. The van der Waals surface area contributed by atoms with Crippen LogP contribution >= 0.6 is 11.6 Å². The number of rotatable bonds is 5. The van der Waals surface area contributed by atoms with Crippen molar-refractivity contribution < 1.29 is 9.53 Å². The van der Waals surface area contributed by atoms with Crippen molar-refractivity contribution in [1.82, 2.24) is 15.1 Å². The van der Waals surface area contributed by atoms with E-state index in [1.165, 1.54) is 6.07 Å². The number of amides is 1. The number of nitrogens with one attached hydrogen (secondary N) is 1. The summed E-state index contributed by atoms with van der Waals surface area (Å²) in [5.41, 5.74) is 1.05. The molecule has 1 aromatic carbocycles. The molecule has 126 valence electrons. The second-order valence-electron chi connectivity index (χ2n) is 5.66. The van der Waals surface area contributed by atoms with Gasteiger partial charge >= 0.3 is 0 Å². The van der Waals surface area contributed by atoms with Gasteiger partial charge in [-0.1, -0.05) is 23.7 Å². The number of hydrogen-bond acceptors (Lipinski definition) is 4. The zero-order valence-corrected chi connectivity index (χ0v) is 13.8. The van der Waals surface area contributed by atoms with E-state index in [4.69, 9.17) is 16.3 Å². The van der Waals surface area contributed by atoms with Crippen LogP contribution < -0.4 is 10.9 Å². The van der Waals surface area contributed by atoms with Gasteiger partial charge in [-0.05, 0) is 31.0 Å². The maximum atomic E-state index is 12.0. The van der Waals surface area contributed by atoms with Gasteiger partial charge in [0.15, 0.2) is 0 Å². The highest BCUT2D eigenvalue weighted by molar-refractivity contribution is 6.30. The number of carbonyl (C=O) groups excluding carboxylic acids is 1. The molecule has 7 heteroatoms. The summed E-state index contributed by atoms with van der Waals surface area (Å²) >= 11 is 5.98. The highest BCUT2D eigenvalue weighted by Crippen LogP contribution is 2.19. The van der Waals surface area contributed by atoms with E-state index in [2.05, 4.69) is 10.4 Å². The van der Waals surface area contributed by atoms with Crippen molar-refractivity contribution >= 4 is 17.5 Å². The molecule has 0 aliphatic carbocycles. The largest absolute Gasteiger partial charge is 0.376 e. The molecule has 1 atom stereocenters. The van der Waals surface area contributed by atoms with Gasteiger partial charge in [-0.25, -0.2) is 4.68 Å². The van der Waals surface area contributed by atoms with Crippen LogP contribution in [0.5, 0.6) is 0 Å². The van der Waals surface area contributed by atoms with Crippen LogP contribution in [-0.2, 0) is 16.1 Å². The minimum absolute atomic E-state index is 0.0661. The van der Waals surface area contributed by atoms with Crippen molar-refractivity contribution in [3.8, 4) is 11.3 Å². The SMILES string of the molecule is O=C(Cn1nc(-c2cccc(Cl)c2)ccc1=O)NC[C@@H]1CCCO1. The number of halogens is 1. The summed E-state index contributed by atoms with van der Waals surface area (Å²) in [7, 11) is 0. The quantitative estimate of drug-likeness (QED) is 0.896. The zero-order valence-electron chi connectivity index (χ0n) is 13.1. The fourth-order valence-corrected chi connectivity index (χ4v) is 2.78. The van der Waals surface area contributed by atoms with Crippen LogP contribution in [0, 0.1) is 0 Å². The van der Waals surface area contributed by atoms with Crippen LogP contribution in [0.3, 0.4) is 0 Å². The molecule has 24 heavy (non-hydrogen) atoms. The smallest absolute Gasteiger partial charge is 0.267 e. The highest BCUT2D eigenvalue weighted by Gasteiger charge is 2.16. The Morgan fingerprint density at radius 2 is 2.25 bits per heavy atom. The van der Waals surface area contributed by atoms with Crippen molar-refractivity contribution in [2.45, 2.75) is 25.5 Å². The third-order valence-electron chi connectivity index (χ3n) is 3.83. The number of hydrogen-bond donors (Lipinski definition) is 1. The van der Waals surface area contributed by atoms with Crippen molar-refractivity contribution in [1.29, 1.82) is 0 Å². The highest BCUT2D eigenvalue weighted by atomic mass is 35.5. The van der Waals surface area contributed by atoms with E-state index in [1.807, 2.05) is 12.1 Å². The first-order chi connectivity index (χ1) is 11.6. The molecule has 6 nitrogen and oxygen atoms in total. The van der Waals surface area contributed by atoms with Gasteiger partial charge in [0.1, 0.15) is 6.54 Å². The van der Waals surface area contributed by atoms with E-state index in [9.17, 15) is 9.59 Å². The summed E-state index contributed by atoms with van der Waals surface area (Å²) in [6.45, 7) is 1.07. The van der Waals surface area contributed by atoms with Crippen molar-refractivity contribution in [2.75, 3.05) is 13.2 Å². The summed E-state index contributed by atoms with van der Waals surface area (Å²) in [5, 5.41) is 7.63. The molecule has 0 spiro atoms. The Kier molecular flexibility index (Phi) is 5.27. The predicted molar refractivity (Wildman–Crippen MR) is 90.9 cm³/mol. The molecule has 1 aliphatic rings. The average molecular weight is 348 g/mol. The molecule has 1 fully saturated rings. The fourth-order valence-electron chi connectivity index (χ4n) is 2.59. The molecule has 0 saturated carbocycles. The van der Waals surface area contributed by atoms with Gasteiger partial charge in [-0.3, -0.25) is 9.59 Å². The Morgan fingerprint density at radius 1 is 1.38 bits per heavy atom. The molecule has 0 bridgehead atoms. The van der Waals surface area contributed by atoms with E-state index in [1.54, 1.807) is 18.2 Å². The summed E-state index contributed by atoms with van der Waals surface area (Å²) in [4.78, 5) is 24.0. The number of aromatic nitrogens is 2. The van der Waals surface area contributed by atoms with Crippen LogP contribution in [0.1, 0.15) is 12.8 Å². The maximum Gasteiger partial charge on any atom is 0.267 e. The lowest BCUT2D eigenvalue weighted by Crippen LogP contribution is -2.37. The number of carbonyl (C=O) groups is 1. The molecule has 2 heterocycles. The van der Waals surface area contributed by atoms with E-state index in [0.29, 0.717) is 17.3 Å². The van der Waals surface area contributed by atoms with Crippen molar-refractivity contribution in [3.63, 3.8) is 0 Å². The fraction of sp³-hybridized carbons (Fsp3) is 0.353. The first-order valence-electron chi connectivity index (χ1n) is 7.84. The second kappa shape index (κ2) is 7.59. The van der Waals surface area contributed by atoms with Gasteiger partial charge in [0, 0.05) is 29.8 Å². The van der Waals surface area contributed by atoms with Crippen molar-refractivity contribution in [2.24, 2.45) is 0 Å². The predicted octanol–water partition coefficient (Wildman–Crippen LogP) is 1.86. The van der Waals surface area contributed by atoms with Gasteiger partial charge < -0.3 is 10.1 Å². The average Bonchev–Trinajstić information content (AvgIpc) is 3.08. The Bertz CT molecular complexity index is 785. The Labute approximate surface area is 144 Å². The molecule has 0 radical (unpaired) electrons. The zero-order chi connectivity index (χ0) is 16.9. The van der Waals surface area contributed by atoms with E-state index >= 15 is 0 Å². The normalized spacial score (nSPS) is 17.0. The summed E-state index contributed by atoms with van der Waals surface area (Å²) in [6, 6.07) is 10.2.